The minimum Gasteiger partial charge on any atom is -0.298 e. The standard InChI is InChI=1S/C14H9BrN4O/c15-12-1-2-13(17-7-12)19-8-11(9-20)14(18-19)10-3-5-16-6-4-10/h1-9H. The average Bonchev–Trinajstić information content (AvgIpc) is 2.93. The Kier molecular flexibility index (Phi) is 3.39. The lowest BCUT2D eigenvalue weighted by Crippen LogP contribution is -1.97. The fourth-order valence-electron chi connectivity index (χ4n) is 1.83. The van der Waals surface area contributed by atoms with Gasteiger partial charge in [-0.05, 0) is 40.2 Å². The van der Waals surface area contributed by atoms with Gasteiger partial charge in [0, 0.05) is 34.8 Å². The summed E-state index contributed by atoms with van der Waals surface area (Å²) < 4.78 is 2.48. The molecular formula is C14H9BrN4O. The Bertz CT molecular complexity index is 738. The first-order valence-electron chi connectivity index (χ1n) is 5.85. The van der Waals surface area contributed by atoms with Crippen molar-refractivity contribution in [1.82, 2.24) is 19.7 Å². The maximum atomic E-state index is 11.2. The number of pyridine rings is 2. The summed E-state index contributed by atoms with van der Waals surface area (Å²) in [7, 11) is 0. The molecule has 0 fully saturated rings. The predicted molar refractivity (Wildman–Crippen MR) is 77.7 cm³/mol. The highest BCUT2D eigenvalue weighted by molar-refractivity contribution is 9.10. The highest BCUT2D eigenvalue weighted by Gasteiger charge is 2.11. The molecule has 0 saturated heterocycles. The highest BCUT2D eigenvalue weighted by Crippen LogP contribution is 2.21. The van der Waals surface area contributed by atoms with Crippen molar-refractivity contribution in [3.63, 3.8) is 0 Å². The molecule has 0 saturated carbocycles. The van der Waals surface area contributed by atoms with E-state index in [9.17, 15) is 4.79 Å². The Morgan fingerprint density at radius 3 is 2.60 bits per heavy atom. The summed E-state index contributed by atoms with van der Waals surface area (Å²) in [6.45, 7) is 0. The molecule has 20 heavy (non-hydrogen) atoms. The molecule has 3 rings (SSSR count). The van der Waals surface area contributed by atoms with Crippen LogP contribution in [-0.4, -0.2) is 26.0 Å². The number of hydrogen-bond donors (Lipinski definition) is 0. The van der Waals surface area contributed by atoms with Crippen LogP contribution in [0.3, 0.4) is 0 Å². The Morgan fingerprint density at radius 1 is 1.15 bits per heavy atom. The number of carbonyl (C=O) groups excluding carboxylic acids is 1. The van der Waals surface area contributed by atoms with Crippen molar-refractivity contribution in [2.45, 2.75) is 0 Å². The fourth-order valence-corrected chi connectivity index (χ4v) is 2.06. The molecule has 0 aliphatic heterocycles. The van der Waals surface area contributed by atoms with Gasteiger partial charge in [-0.25, -0.2) is 9.67 Å². The fraction of sp³-hybridized carbons (Fsp3) is 0. The quantitative estimate of drug-likeness (QED) is 0.693. The van der Waals surface area contributed by atoms with E-state index in [0.29, 0.717) is 17.1 Å². The number of rotatable bonds is 3. The highest BCUT2D eigenvalue weighted by atomic mass is 79.9. The van der Waals surface area contributed by atoms with Crippen LogP contribution < -0.4 is 0 Å². The van der Waals surface area contributed by atoms with Crippen LogP contribution in [0.2, 0.25) is 0 Å². The Balaban J connectivity index is 2.09. The van der Waals surface area contributed by atoms with Crippen LogP contribution in [0.4, 0.5) is 0 Å². The molecular weight excluding hydrogens is 320 g/mol. The Hall–Kier alpha value is -2.34. The molecule has 0 atom stereocenters. The van der Waals surface area contributed by atoms with E-state index in [0.717, 1.165) is 16.3 Å². The van der Waals surface area contributed by atoms with E-state index < -0.39 is 0 Å². The Labute approximate surface area is 123 Å². The molecule has 0 radical (unpaired) electrons. The molecule has 0 spiro atoms. The van der Waals surface area contributed by atoms with Crippen LogP contribution in [0.25, 0.3) is 17.1 Å². The van der Waals surface area contributed by atoms with Gasteiger partial charge in [-0.1, -0.05) is 0 Å². The SMILES string of the molecule is O=Cc1cn(-c2ccc(Br)cn2)nc1-c1ccncc1. The number of halogens is 1. The maximum Gasteiger partial charge on any atom is 0.153 e. The van der Waals surface area contributed by atoms with Crippen molar-refractivity contribution >= 4 is 22.2 Å². The van der Waals surface area contributed by atoms with E-state index in [2.05, 4.69) is 31.0 Å². The third-order valence-electron chi connectivity index (χ3n) is 2.77. The van der Waals surface area contributed by atoms with Gasteiger partial charge in [0.2, 0.25) is 0 Å². The summed E-state index contributed by atoms with van der Waals surface area (Å²) >= 11 is 3.33. The number of aromatic nitrogens is 4. The van der Waals surface area contributed by atoms with E-state index in [-0.39, 0.29) is 0 Å². The first-order valence-corrected chi connectivity index (χ1v) is 6.64. The molecule has 0 aliphatic rings. The molecule has 5 nitrogen and oxygen atoms in total. The van der Waals surface area contributed by atoms with Crippen molar-refractivity contribution in [2.75, 3.05) is 0 Å². The molecule has 3 aromatic heterocycles. The molecule has 0 N–H and O–H groups in total. The molecule has 3 heterocycles. The number of hydrogen-bond acceptors (Lipinski definition) is 4. The summed E-state index contributed by atoms with van der Waals surface area (Å²) in [5.74, 6) is 0.650. The molecule has 0 aliphatic carbocycles. The molecule has 98 valence electrons. The van der Waals surface area contributed by atoms with Crippen LogP contribution in [-0.2, 0) is 0 Å². The van der Waals surface area contributed by atoms with Crippen LogP contribution in [0.1, 0.15) is 10.4 Å². The zero-order chi connectivity index (χ0) is 13.9. The molecule has 0 amide bonds. The van der Waals surface area contributed by atoms with Crippen molar-refractivity contribution in [1.29, 1.82) is 0 Å². The lowest BCUT2D eigenvalue weighted by atomic mass is 10.1. The smallest absolute Gasteiger partial charge is 0.153 e. The van der Waals surface area contributed by atoms with Crippen molar-refractivity contribution in [3.05, 3.63) is 59.1 Å². The third kappa shape index (κ3) is 2.37. The second-order valence-corrected chi connectivity index (χ2v) is 4.98. The van der Waals surface area contributed by atoms with Gasteiger partial charge in [0.05, 0.1) is 5.56 Å². The van der Waals surface area contributed by atoms with E-state index >= 15 is 0 Å². The van der Waals surface area contributed by atoms with Gasteiger partial charge in [-0.3, -0.25) is 9.78 Å². The largest absolute Gasteiger partial charge is 0.298 e. The third-order valence-corrected chi connectivity index (χ3v) is 3.24. The van der Waals surface area contributed by atoms with Crippen molar-refractivity contribution < 1.29 is 4.79 Å². The summed E-state index contributed by atoms with van der Waals surface area (Å²) in [6, 6.07) is 7.32. The van der Waals surface area contributed by atoms with Crippen molar-refractivity contribution in [3.8, 4) is 17.1 Å². The predicted octanol–water partition coefficient (Wildman–Crippen LogP) is 2.90. The average molecular weight is 329 g/mol. The minimum absolute atomic E-state index is 0.515. The van der Waals surface area contributed by atoms with E-state index in [1.165, 1.54) is 0 Å². The van der Waals surface area contributed by atoms with Crippen molar-refractivity contribution in [2.24, 2.45) is 0 Å². The first kappa shape index (κ1) is 12.7. The van der Waals surface area contributed by atoms with Crippen LogP contribution in [0.15, 0.2) is 53.5 Å². The second-order valence-electron chi connectivity index (χ2n) is 4.07. The van der Waals surface area contributed by atoms with Crippen LogP contribution >= 0.6 is 15.9 Å². The lowest BCUT2D eigenvalue weighted by Gasteiger charge is -1.99. The summed E-state index contributed by atoms with van der Waals surface area (Å²) in [5.41, 5.74) is 1.98. The van der Waals surface area contributed by atoms with E-state index in [1.54, 1.807) is 29.5 Å². The lowest BCUT2D eigenvalue weighted by molar-refractivity contribution is 0.112. The summed E-state index contributed by atoms with van der Waals surface area (Å²) in [4.78, 5) is 19.4. The summed E-state index contributed by atoms with van der Waals surface area (Å²) in [5, 5.41) is 4.43. The summed E-state index contributed by atoms with van der Waals surface area (Å²) in [6.07, 6.45) is 7.47. The van der Waals surface area contributed by atoms with Gasteiger partial charge in [-0.2, -0.15) is 5.10 Å². The van der Waals surface area contributed by atoms with Crippen LogP contribution in [0, 0.1) is 0 Å². The van der Waals surface area contributed by atoms with Gasteiger partial charge >= 0.3 is 0 Å². The van der Waals surface area contributed by atoms with E-state index in [4.69, 9.17) is 0 Å². The number of carbonyl (C=O) groups is 1. The van der Waals surface area contributed by atoms with Gasteiger partial charge < -0.3 is 0 Å². The van der Waals surface area contributed by atoms with Gasteiger partial charge in [0.25, 0.3) is 0 Å². The number of nitrogens with zero attached hydrogens (tertiary/aromatic N) is 4. The van der Waals surface area contributed by atoms with Crippen LogP contribution in [0.5, 0.6) is 0 Å². The number of aldehydes is 1. The zero-order valence-corrected chi connectivity index (χ0v) is 11.9. The first-order chi connectivity index (χ1) is 9.78. The molecule has 0 aromatic carbocycles. The second kappa shape index (κ2) is 5.34. The Morgan fingerprint density at radius 2 is 1.95 bits per heavy atom. The molecule has 6 heteroatoms. The maximum absolute atomic E-state index is 11.2. The monoisotopic (exact) mass is 328 g/mol. The normalized spacial score (nSPS) is 10.4. The molecule has 3 aromatic rings. The van der Waals surface area contributed by atoms with E-state index in [1.807, 2.05) is 24.3 Å². The minimum atomic E-state index is 0.515. The van der Waals surface area contributed by atoms with Gasteiger partial charge in [-0.15, -0.1) is 0 Å². The molecule has 0 unspecified atom stereocenters. The topological polar surface area (TPSA) is 60.7 Å². The van der Waals surface area contributed by atoms with Gasteiger partial charge in [0.15, 0.2) is 12.1 Å². The van der Waals surface area contributed by atoms with Gasteiger partial charge in [0.1, 0.15) is 5.69 Å². The zero-order valence-electron chi connectivity index (χ0n) is 10.3. The molecule has 0 bridgehead atoms.